The van der Waals surface area contributed by atoms with E-state index in [1.165, 1.54) is 0 Å². The zero-order valence-corrected chi connectivity index (χ0v) is 29.0. The van der Waals surface area contributed by atoms with Gasteiger partial charge in [0.2, 0.25) is 0 Å². The third-order valence-electron chi connectivity index (χ3n) is 10.00. The van der Waals surface area contributed by atoms with Gasteiger partial charge in [0.05, 0.1) is 9.60 Å². The molecule has 0 N–H and O–H groups in total. The van der Waals surface area contributed by atoms with Gasteiger partial charge in [-0.3, -0.25) is 0 Å². The molecule has 0 spiro atoms. The third kappa shape index (κ3) is 5.71. The Kier molecular flexibility index (Phi) is 6.20. The molecular weight excluding hydrogens is 655 g/mol. The standard InChI is InChI=1S/C52H35NO/c1-2-11-36(12-3-1)37-23-25-38(26-24-37)39-27-31-43(32-28-39)53(45-16-8-15-42(35-45)47-19-9-14-40-13-4-5-17-46(40)47)44-33-29-41(30-34-44)48-20-10-22-51-52(48)49-18-6-7-21-50(49)54-51/h1-35H/i4D,5D,9D,13D,14D,17D,19D. The monoisotopic (exact) mass is 696 g/mol. The summed E-state index contributed by atoms with van der Waals surface area (Å²) < 4.78 is 66.9. The molecule has 2 heteroatoms. The average molecular weight is 697 g/mol. The molecular formula is C52H35NO. The summed E-state index contributed by atoms with van der Waals surface area (Å²) >= 11 is 0. The van der Waals surface area contributed by atoms with Gasteiger partial charge in [-0.1, -0.05) is 164 Å². The molecule has 10 aromatic rings. The van der Waals surface area contributed by atoms with E-state index in [4.69, 9.17) is 14.0 Å². The Bertz CT molecular complexity index is 3300. The Morgan fingerprint density at radius 1 is 0.370 bits per heavy atom. The van der Waals surface area contributed by atoms with Gasteiger partial charge in [0.15, 0.2) is 0 Å². The molecule has 0 aliphatic rings. The van der Waals surface area contributed by atoms with E-state index in [0.717, 1.165) is 72.4 Å². The van der Waals surface area contributed by atoms with Gasteiger partial charge in [0.25, 0.3) is 0 Å². The van der Waals surface area contributed by atoms with Crippen LogP contribution >= 0.6 is 0 Å². The van der Waals surface area contributed by atoms with Crippen molar-refractivity contribution in [2.75, 3.05) is 4.90 Å². The van der Waals surface area contributed by atoms with Crippen LogP contribution in [0.5, 0.6) is 0 Å². The van der Waals surface area contributed by atoms with Crippen LogP contribution in [0, 0.1) is 0 Å². The smallest absolute Gasteiger partial charge is 0.136 e. The highest BCUT2D eigenvalue weighted by Gasteiger charge is 2.17. The number of para-hydroxylation sites is 1. The van der Waals surface area contributed by atoms with Crippen molar-refractivity contribution in [1.29, 1.82) is 0 Å². The molecule has 2 nitrogen and oxygen atoms in total. The van der Waals surface area contributed by atoms with Gasteiger partial charge in [-0.05, 0) is 104 Å². The molecule has 1 heterocycles. The normalized spacial score (nSPS) is 13.1. The first-order valence-electron chi connectivity index (χ1n) is 21.3. The van der Waals surface area contributed by atoms with Gasteiger partial charge in [-0.15, -0.1) is 0 Å². The molecule has 0 radical (unpaired) electrons. The molecule has 0 aliphatic heterocycles. The van der Waals surface area contributed by atoms with E-state index in [0.29, 0.717) is 5.56 Å². The molecule has 0 fully saturated rings. The number of nitrogens with zero attached hydrogens (tertiary/aromatic N) is 1. The number of rotatable bonds is 7. The lowest BCUT2D eigenvalue weighted by Crippen LogP contribution is -2.10. The van der Waals surface area contributed by atoms with Gasteiger partial charge < -0.3 is 9.32 Å². The number of anilines is 3. The van der Waals surface area contributed by atoms with Crippen molar-refractivity contribution in [2.24, 2.45) is 0 Å². The van der Waals surface area contributed by atoms with Crippen LogP contribution in [0.3, 0.4) is 0 Å². The molecule has 0 bridgehead atoms. The van der Waals surface area contributed by atoms with Crippen LogP contribution in [0.25, 0.3) is 77.2 Å². The topological polar surface area (TPSA) is 16.4 Å². The Balaban J connectivity index is 1.11. The summed E-state index contributed by atoms with van der Waals surface area (Å²) in [5.74, 6) is 0. The molecule has 0 atom stereocenters. The predicted molar refractivity (Wildman–Crippen MR) is 228 cm³/mol. The van der Waals surface area contributed by atoms with Crippen LogP contribution in [-0.4, -0.2) is 0 Å². The van der Waals surface area contributed by atoms with E-state index in [1.807, 2.05) is 66.7 Å². The van der Waals surface area contributed by atoms with Crippen molar-refractivity contribution in [2.45, 2.75) is 0 Å². The van der Waals surface area contributed by atoms with E-state index in [-0.39, 0.29) is 28.4 Å². The maximum Gasteiger partial charge on any atom is 0.136 e. The first-order chi connectivity index (χ1) is 29.7. The van der Waals surface area contributed by atoms with Gasteiger partial charge in [0, 0.05) is 27.8 Å². The zero-order chi connectivity index (χ0) is 41.9. The van der Waals surface area contributed by atoms with E-state index >= 15 is 0 Å². The molecule has 0 amide bonds. The summed E-state index contributed by atoms with van der Waals surface area (Å²) in [6, 6.07) is 54.2. The minimum atomic E-state index is -0.481. The van der Waals surface area contributed by atoms with Crippen LogP contribution in [0.2, 0.25) is 0 Å². The molecule has 9 aromatic carbocycles. The Labute approximate surface area is 324 Å². The van der Waals surface area contributed by atoms with Crippen LogP contribution in [-0.2, 0) is 0 Å². The van der Waals surface area contributed by atoms with E-state index in [1.54, 1.807) is 6.07 Å². The lowest BCUT2D eigenvalue weighted by Gasteiger charge is -2.26. The summed E-state index contributed by atoms with van der Waals surface area (Å²) in [5.41, 5.74) is 11.2. The van der Waals surface area contributed by atoms with Gasteiger partial charge in [-0.25, -0.2) is 0 Å². The van der Waals surface area contributed by atoms with Crippen LogP contribution in [0.1, 0.15) is 9.60 Å². The second-order valence-electron chi connectivity index (χ2n) is 13.2. The van der Waals surface area contributed by atoms with E-state index in [2.05, 4.69) is 102 Å². The highest BCUT2D eigenvalue weighted by molar-refractivity contribution is 6.12. The van der Waals surface area contributed by atoms with Crippen molar-refractivity contribution < 1.29 is 14.0 Å². The van der Waals surface area contributed by atoms with Gasteiger partial charge >= 0.3 is 0 Å². The minimum absolute atomic E-state index is 0.0497. The van der Waals surface area contributed by atoms with Crippen LogP contribution in [0.15, 0.2) is 217 Å². The highest BCUT2D eigenvalue weighted by atomic mass is 16.3. The first-order valence-corrected chi connectivity index (χ1v) is 17.8. The number of hydrogen-bond acceptors (Lipinski definition) is 2. The Hall–Kier alpha value is -7.16. The average Bonchev–Trinajstić information content (AvgIpc) is 3.69. The second-order valence-corrected chi connectivity index (χ2v) is 13.2. The Morgan fingerprint density at radius 2 is 0.944 bits per heavy atom. The predicted octanol–water partition coefficient (Wildman–Crippen LogP) is 14.9. The van der Waals surface area contributed by atoms with Crippen molar-refractivity contribution in [3.63, 3.8) is 0 Å². The maximum atomic E-state index is 9.04. The molecule has 0 aliphatic carbocycles. The molecule has 254 valence electrons. The number of benzene rings is 9. The van der Waals surface area contributed by atoms with Crippen molar-refractivity contribution in [1.82, 2.24) is 0 Å². The van der Waals surface area contributed by atoms with Gasteiger partial charge in [0.1, 0.15) is 11.2 Å². The molecule has 10 rings (SSSR count). The third-order valence-corrected chi connectivity index (χ3v) is 10.00. The van der Waals surface area contributed by atoms with Crippen molar-refractivity contribution >= 4 is 49.8 Å². The fourth-order valence-electron chi connectivity index (χ4n) is 7.37. The van der Waals surface area contributed by atoms with E-state index in [9.17, 15) is 0 Å². The molecule has 0 saturated heterocycles. The summed E-state index contributed by atoms with van der Waals surface area (Å²) in [4.78, 5) is 2.10. The summed E-state index contributed by atoms with van der Waals surface area (Å²) in [6.45, 7) is 0. The summed E-state index contributed by atoms with van der Waals surface area (Å²) in [7, 11) is 0. The fourth-order valence-corrected chi connectivity index (χ4v) is 7.37. The van der Waals surface area contributed by atoms with Crippen LogP contribution < -0.4 is 4.90 Å². The largest absolute Gasteiger partial charge is 0.456 e. The number of hydrogen-bond donors (Lipinski definition) is 0. The maximum absolute atomic E-state index is 9.04. The SMILES string of the molecule is [2H]c1c([2H])c([2H])c2c(-c3cccc(N(c4ccc(-c5ccc(-c6ccccc6)cc5)cc4)c4ccc(-c5cccc6oc7ccccc7c56)cc4)c3)c([2H])c([2H])c([2H])c2c1[2H]. The van der Waals surface area contributed by atoms with Crippen LogP contribution in [0.4, 0.5) is 17.1 Å². The van der Waals surface area contributed by atoms with Gasteiger partial charge in [-0.2, -0.15) is 0 Å². The quantitative estimate of drug-likeness (QED) is 0.165. The molecule has 1 aromatic heterocycles. The number of furan rings is 1. The van der Waals surface area contributed by atoms with Crippen molar-refractivity contribution in [3.8, 4) is 44.5 Å². The highest BCUT2D eigenvalue weighted by Crippen LogP contribution is 2.41. The minimum Gasteiger partial charge on any atom is -0.456 e. The summed E-state index contributed by atoms with van der Waals surface area (Å²) in [6.07, 6.45) is 0. The van der Waals surface area contributed by atoms with Crippen molar-refractivity contribution in [3.05, 3.63) is 212 Å². The summed E-state index contributed by atoms with van der Waals surface area (Å²) in [5, 5.41) is 2.07. The Morgan fingerprint density at radius 3 is 1.70 bits per heavy atom. The molecule has 0 unspecified atom stereocenters. The fraction of sp³-hybridized carbons (Fsp3) is 0. The number of fused-ring (bicyclic) bond motifs is 4. The lowest BCUT2D eigenvalue weighted by molar-refractivity contribution is 0.669. The first kappa shape index (κ1) is 24.9. The second kappa shape index (κ2) is 13.4. The zero-order valence-electron chi connectivity index (χ0n) is 36.0. The lowest BCUT2D eigenvalue weighted by atomic mass is 9.97. The molecule has 54 heavy (non-hydrogen) atoms. The van der Waals surface area contributed by atoms with E-state index < -0.39 is 30.2 Å². The molecule has 0 saturated carbocycles.